The zero-order valence-electron chi connectivity index (χ0n) is 11.4. The van der Waals surface area contributed by atoms with Crippen LogP contribution in [0.3, 0.4) is 0 Å². The molecular formula is C13H18N4O3. The van der Waals surface area contributed by atoms with Crippen LogP contribution in [0.4, 0.5) is 0 Å². The third-order valence-electron chi connectivity index (χ3n) is 2.89. The first-order chi connectivity index (χ1) is 9.27. The number of nitrogens with two attached hydrogens (primary N) is 2. The van der Waals surface area contributed by atoms with E-state index in [4.69, 9.17) is 16.7 Å². The van der Waals surface area contributed by atoms with Crippen LogP contribution in [0, 0.1) is 5.41 Å². The van der Waals surface area contributed by atoms with Gasteiger partial charge in [-0.15, -0.1) is 0 Å². The quantitative estimate of drug-likeness (QED) is 0.262. The maximum Gasteiger partial charge on any atom is 0.251 e. The van der Waals surface area contributed by atoms with Gasteiger partial charge in [0.25, 0.3) is 5.91 Å². The monoisotopic (exact) mass is 278 g/mol. The summed E-state index contributed by atoms with van der Waals surface area (Å²) < 4.78 is 0. The summed E-state index contributed by atoms with van der Waals surface area (Å²) in [6.07, 6.45) is 0. The molecule has 0 aliphatic heterocycles. The van der Waals surface area contributed by atoms with Gasteiger partial charge in [0.15, 0.2) is 5.84 Å². The van der Waals surface area contributed by atoms with Gasteiger partial charge in [-0.1, -0.05) is 17.3 Å². The highest BCUT2D eigenvalue weighted by atomic mass is 16.4. The molecule has 0 fully saturated rings. The standard InChI is InChI=1S/C13H18N4O3/c1-13(2,12(15)19)7-16-11(18)9-5-3-4-8(6-9)10(14)17-20/h3-6,20H,7H2,1-2H3,(H2,14,17)(H2,15,19)(H,16,18). The van der Waals surface area contributed by atoms with Gasteiger partial charge in [0.2, 0.25) is 5.91 Å². The van der Waals surface area contributed by atoms with E-state index in [1.165, 1.54) is 6.07 Å². The average Bonchev–Trinajstić information content (AvgIpc) is 2.43. The molecule has 1 rings (SSSR count). The van der Waals surface area contributed by atoms with Crippen LogP contribution in [0.5, 0.6) is 0 Å². The maximum absolute atomic E-state index is 12.0. The van der Waals surface area contributed by atoms with E-state index >= 15 is 0 Å². The molecule has 0 bridgehead atoms. The van der Waals surface area contributed by atoms with Gasteiger partial charge in [-0.05, 0) is 26.0 Å². The molecule has 0 saturated carbocycles. The lowest BCUT2D eigenvalue weighted by Crippen LogP contribution is -2.42. The second-order valence-corrected chi connectivity index (χ2v) is 5.00. The number of hydrogen-bond acceptors (Lipinski definition) is 4. The Morgan fingerprint density at radius 2 is 1.90 bits per heavy atom. The number of primary amides is 1. The first-order valence-electron chi connectivity index (χ1n) is 5.94. The predicted octanol–water partition coefficient (Wildman–Crippen LogP) is 0.0224. The molecule has 0 saturated heterocycles. The number of nitrogens with zero attached hydrogens (tertiary/aromatic N) is 1. The molecular weight excluding hydrogens is 260 g/mol. The van der Waals surface area contributed by atoms with Crippen molar-refractivity contribution in [1.82, 2.24) is 5.32 Å². The minimum Gasteiger partial charge on any atom is -0.409 e. The molecule has 0 radical (unpaired) electrons. The molecule has 20 heavy (non-hydrogen) atoms. The van der Waals surface area contributed by atoms with E-state index in [1.54, 1.807) is 32.0 Å². The second-order valence-electron chi connectivity index (χ2n) is 5.00. The Kier molecular flexibility index (Phi) is 4.68. The molecule has 1 aromatic carbocycles. The van der Waals surface area contributed by atoms with Crippen molar-refractivity contribution in [3.63, 3.8) is 0 Å². The van der Waals surface area contributed by atoms with Crippen LogP contribution < -0.4 is 16.8 Å². The van der Waals surface area contributed by atoms with Crippen molar-refractivity contribution >= 4 is 17.6 Å². The Balaban J connectivity index is 2.81. The van der Waals surface area contributed by atoms with Gasteiger partial charge >= 0.3 is 0 Å². The molecule has 0 unspecified atom stereocenters. The van der Waals surface area contributed by atoms with Crippen LogP contribution >= 0.6 is 0 Å². The maximum atomic E-state index is 12.0. The minimum atomic E-state index is -0.834. The number of amides is 2. The van der Waals surface area contributed by atoms with Crippen molar-refractivity contribution in [2.75, 3.05) is 6.54 Å². The van der Waals surface area contributed by atoms with E-state index in [1.807, 2.05) is 0 Å². The normalized spacial score (nSPS) is 12.0. The van der Waals surface area contributed by atoms with Crippen molar-refractivity contribution in [2.24, 2.45) is 22.0 Å². The predicted molar refractivity (Wildman–Crippen MR) is 74.3 cm³/mol. The number of rotatable bonds is 5. The smallest absolute Gasteiger partial charge is 0.251 e. The Morgan fingerprint density at radius 1 is 1.30 bits per heavy atom. The molecule has 0 atom stereocenters. The van der Waals surface area contributed by atoms with Gasteiger partial charge in [-0.25, -0.2) is 0 Å². The first-order valence-corrected chi connectivity index (χ1v) is 5.94. The summed E-state index contributed by atoms with van der Waals surface area (Å²) in [6.45, 7) is 3.40. The summed E-state index contributed by atoms with van der Waals surface area (Å²) in [4.78, 5) is 23.1. The molecule has 0 aliphatic rings. The third-order valence-corrected chi connectivity index (χ3v) is 2.89. The summed E-state index contributed by atoms with van der Waals surface area (Å²) in [5.41, 5.74) is 10.6. The van der Waals surface area contributed by atoms with Crippen LogP contribution in [0.1, 0.15) is 29.8 Å². The molecule has 0 heterocycles. The van der Waals surface area contributed by atoms with E-state index in [0.717, 1.165) is 0 Å². The number of nitrogens with one attached hydrogen (secondary N) is 1. The third kappa shape index (κ3) is 3.71. The summed E-state index contributed by atoms with van der Waals surface area (Å²) in [5.74, 6) is -0.952. The SMILES string of the molecule is CC(C)(CNC(=O)c1cccc(/C(N)=N/O)c1)C(N)=O. The minimum absolute atomic E-state index is 0.0860. The second kappa shape index (κ2) is 6.05. The molecule has 1 aromatic rings. The highest BCUT2D eigenvalue weighted by molar-refractivity contribution is 6.01. The highest BCUT2D eigenvalue weighted by Gasteiger charge is 2.25. The Labute approximate surface area is 116 Å². The van der Waals surface area contributed by atoms with Gasteiger partial charge < -0.3 is 22.0 Å². The molecule has 7 nitrogen and oxygen atoms in total. The van der Waals surface area contributed by atoms with Gasteiger partial charge in [0.1, 0.15) is 0 Å². The molecule has 6 N–H and O–H groups in total. The van der Waals surface area contributed by atoms with Gasteiger partial charge in [0.05, 0.1) is 5.41 Å². The van der Waals surface area contributed by atoms with Crippen LogP contribution in [0.2, 0.25) is 0 Å². The Bertz CT molecular complexity index is 552. The van der Waals surface area contributed by atoms with Crippen LogP contribution in [-0.2, 0) is 4.79 Å². The van der Waals surface area contributed by atoms with E-state index < -0.39 is 11.3 Å². The van der Waals surface area contributed by atoms with Crippen molar-refractivity contribution in [3.8, 4) is 0 Å². The van der Waals surface area contributed by atoms with Crippen molar-refractivity contribution < 1.29 is 14.8 Å². The Hall–Kier alpha value is -2.57. The molecule has 7 heteroatoms. The van der Waals surface area contributed by atoms with E-state index in [-0.39, 0.29) is 18.3 Å². The molecule has 108 valence electrons. The number of amidine groups is 1. The van der Waals surface area contributed by atoms with Gasteiger partial charge in [-0.2, -0.15) is 0 Å². The summed E-state index contributed by atoms with van der Waals surface area (Å²) in [6, 6.07) is 6.29. The zero-order chi connectivity index (χ0) is 15.3. The molecule has 0 aliphatic carbocycles. The number of carbonyl (C=O) groups excluding carboxylic acids is 2. The summed E-state index contributed by atoms with van der Waals surface area (Å²) in [5, 5.41) is 14.1. The zero-order valence-corrected chi connectivity index (χ0v) is 11.4. The summed E-state index contributed by atoms with van der Waals surface area (Å²) >= 11 is 0. The fourth-order valence-corrected chi connectivity index (χ4v) is 1.37. The largest absolute Gasteiger partial charge is 0.409 e. The van der Waals surface area contributed by atoms with E-state index in [0.29, 0.717) is 11.1 Å². The van der Waals surface area contributed by atoms with Crippen LogP contribution in [0.25, 0.3) is 0 Å². The average molecular weight is 278 g/mol. The highest BCUT2D eigenvalue weighted by Crippen LogP contribution is 2.12. The number of benzene rings is 1. The molecule has 0 aromatic heterocycles. The lowest BCUT2D eigenvalue weighted by Gasteiger charge is -2.20. The van der Waals surface area contributed by atoms with Crippen molar-refractivity contribution in [3.05, 3.63) is 35.4 Å². The fourth-order valence-electron chi connectivity index (χ4n) is 1.37. The van der Waals surface area contributed by atoms with Crippen LogP contribution in [-0.4, -0.2) is 29.4 Å². The number of hydrogen-bond donors (Lipinski definition) is 4. The lowest BCUT2D eigenvalue weighted by atomic mass is 9.92. The topological polar surface area (TPSA) is 131 Å². The fraction of sp³-hybridized carbons (Fsp3) is 0.308. The molecule has 2 amide bonds. The lowest BCUT2D eigenvalue weighted by molar-refractivity contribution is -0.125. The van der Waals surface area contributed by atoms with E-state index in [9.17, 15) is 9.59 Å². The number of oxime groups is 1. The van der Waals surface area contributed by atoms with Gasteiger partial charge in [0, 0.05) is 17.7 Å². The Morgan fingerprint density at radius 3 is 2.45 bits per heavy atom. The van der Waals surface area contributed by atoms with Crippen molar-refractivity contribution in [2.45, 2.75) is 13.8 Å². The number of carbonyl (C=O) groups is 2. The first kappa shape index (κ1) is 15.5. The van der Waals surface area contributed by atoms with E-state index in [2.05, 4.69) is 10.5 Å². The van der Waals surface area contributed by atoms with Crippen LogP contribution in [0.15, 0.2) is 29.4 Å². The molecule has 0 spiro atoms. The summed E-state index contributed by atoms with van der Waals surface area (Å²) in [7, 11) is 0. The van der Waals surface area contributed by atoms with Crippen molar-refractivity contribution in [1.29, 1.82) is 0 Å². The van der Waals surface area contributed by atoms with Gasteiger partial charge in [-0.3, -0.25) is 9.59 Å².